The number of nitrogens with zero attached hydrogens (tertiary/aromatic N) is 1. The van der Waals surface area contributed by atoms with Crippen molar-refractivity contribution in [3.63, 3.8) is 0 Å². The van der Waals surface area contributed by atoms with Crippen LogP contribution in [0.2, 0.25) is 0 Å². The lowest BCUT2D eigenvalue weighted by molar-refractivity contribution is 0.191. The van der Waals surface area contributed by atoms with E-state index < -0.39 is 0 Å². The summed E-state index contributed by atoms with van der Waals surface area (Å²) in [6.07, 6.45) is 5.33. The molecule has 0 aromatic carbocycles. The van der Waals surface area contributed by atoms with E-state index in [2.05, 4.69) is 53.8 Å². The topological polar surface area (TPSA) is 24.9 Å². The molecule has 1 aliphatic rings. The van der Waals surface area contributed by atoms with Crippen LogP contribution in [0.1, 0.15) is 88.8 Å². The summed E-state index contributed by atoms with van der Waals surface area (Å²) in [6, 6.07) is 1.07. The van der Waals surface area contributed by atoms with Gasteiger partial charge in [0.05, 0.1) is 10.7 Å². The zero-order valence-corrected chi connectivity index (χ0v) is 15.7. The SMILES string of the molecule is Cc1nc(C(C)(C)C)sc1C(C)NC1CCCC(C)(C)C1. The van der Waals surface area contributed by atoms with E-state index in [1.807, 2.05) is 11.3 Å². The molecule has 1 heterocycles. The van der Waals surface area contributed by atoms with E-state index in [4.69, 9.17) is 4.98 Å². The predicted molar refractivity (Wildman–Crippen MR) is 93.1 cm³/mol. The van der Waals surface area contributed by atoms with E-state index in [1.54, 1.807) is 0 Å². The largest absolute Gasteiger partial charge is 0.307 e. The molecular weight excluding hydrogens is 276 g/mol. The quantitative estimate of drug-likeness (QED) is 0.812. The van der Waals surface area contributed by atoms with Crippen molar-refractivity contribution >= 4 is 11.3 Å². The smallest absolute Gasteiger partial charge is 0.0985 e. The molecule has 2 unspecified atom stereocenters. The van der Waals surface area contributed by atoms with Crippen molar-refractivity contribution in [1.82, 2.24) is 10.3 Å². The maximum atomic E-state index is 4.80. The number of thiazole rings is 1. The zero-order chi connectivity index (χ0) is 15.8. The minimum absolute atomic E-state index is 0.153. The molecule has 1 fully saturated rings. The van der Waals surface area contributed by atoms with Crippen molar-refractivity contribution in [1.29, 1.82) is 0 Å². The summed E-state index contributed by atoms with van der Waals surface area (Å²) in [6.45, 7) is 16.0. The minimum atomic E-state index is 0.153. The first-order chi connectivity index (χ1) is 9.58. The van der Waals surface area contributed by atoms with Crippen LogP contribution in [0.5, 0.6) is 0 Å². The predicted octanol–water partition coefficient (Wildman–Crippen LogP) is 5.37. The molecule has 3 heteroatoms. The van der Waals surface area contributed by atoms with E-state index in [-0.39, 0.29) is 5.41 Å². The van der Waals surface area contributed by atoms with Gasteiger partial charge in [-0.25, -0.2) is 4.98 Å². The third kappa shape index (κ3) is 4.29. The lowest BCUT2D eigenvalue weighted by atomic mass is 9.75. The summed E-state index contributed by atoms with van der Waals surface area (Å²) in [5.41, 5.74) is 1.86. The maximum Gasteiger partial charge on any atom is 0.0985 e. The lowest BCUT2D eigenvalue weighted by Gasteiger charge is -2.37. The van der Waals surface area contributed by atoms with E-state index >= 15 is 0 Å². The Morgan fingerprint density at radius 1 is 1.33 bits per heavy atom. The first-order valence-corrected chi connectivity index (χ1v) is 9.14. The second-order valence-corrected chi connectivity index (χ2v) is 9.60. The van der Waals surface area contributed by atoms with Crippen LogP contribution in [-0.2, 0) is 5.41 Å². The van der Waals surface area contributed by atoms with Crippen molar-refractivity contribution in [2.75, 3.05) is 0 Å². The molecule has 21 heavy (non-hydrogen) atoms. The van der Waals surface area contributed by atoms with Crippen LogP contribution in [0.25, 0.3) is 0 Å². The minimum Gasteiger partial charge on any atom is -0.307 e. The van der Waals surface area contributed by atoms with Gasteiger partial charge in [-0.1, -0.05) is 41.0 Å². The van der Waals surface area contributed by atoms with E-state index in [9.17, 15) is 0 Å². The van der Waals surface area contributed by atoms with Gasteiger partial charge < -0.3 is 5.32 Å². The van der Waals surface area contributed by atoms with Crippen LogP contribution in [0.4, 0.5) is 0 Å². The molecule has 1 aromatic rings. The maximum absolute atomic E-state index is 4.80. The van der Waals surface area contributed by atoms with Gasteiger partial charge in [-0.3, -0.25) is 0 Å². The normalized spacial score (nSPS) is 24.0. The van der Waals surface area contributed by atoms with Gasteiger partial charge in [0.15, 0.2) is 0 Å². The van der Waals surface area contributed by atoms with Crippen molar-refractivity contribution in [3.05, 3.63) is 15.6 Å². The third-order valence-corrected chi connectivity index (χ3v) is 6.32. The first-order valence-electron chi connectivity index (χ1n) is 8.32. The molecule has 0 aliphatic heterocycles. The molecule has 0 amide bonds. The molecule has 120 valence electrons. The number of nitrogens with one attached hydrogen (secondary N) is 1. The van der Waals surface area contributed by atoms with Gasteiger partial charge in [-0.15, -0.1) is 11.3 Å². The van der Waals surface area contributed by atoms with Crippen LogP contribution < -0.4 is 5.32 Å². The summed E-state index contributed by atoms with van der Waals surface area (Å²) in [5, 5.41) is 5.12. The molecule has 0 bridgehead atoms. The van der Waals surface area contributed by atoms with Gasteiger partial charge in [-0.05, 0) is 38.5 Å². The highest BCUT2D eigenvalue weighted by Gasteiger charge is 2.29. The highest BCUT2D eigenvalue weighted by atomic mass is 32.1. The van der Waals surface area contributed by atoms with Gasteiger partial charge >= 0.3 is 0 Å². The van der Waals surface area contributed by atoms with Crippen molar-refractivity contribution in [3.8, 4) is 0 Å². The Morgan fingerprint density at radius 2 is 2.00 bits per heavy atom. The van der Waals surface area contributed by atoms with Gasteiger partial charge in [-0.2, -0.15) is 0 Å². The Morgan fingerprint density at radius 3 is 2.52 bits per heavy atom. The number of hydrogen-bond donors (Lipinski definition) is 1. The van der Waals surface area contributed by atoms with Gasteiger partial charge in [0.25, 0.3) is 0 Å². The van der Waals surface area contributed by atoms with Crippen LogP contribution in [0, 0.1) is 12.3 Å². The molecule has 0 radical (unpaired) electrons. The zero-order valence-electron chi connectivity index (χ0n) is 14.8. The molecular formula is C18H32N2S. The number of aryl methyl sites for hydroxylation is 1. The standard InChI is InChI=1S/C18H32N2S/c1-12(19-14-9-8-10-18(6,7)11-14)15-13(2)20-16(21-15)17(3,4)5/h12,14,19H,8-11H2,1-7H3. The molecule has 1 N–H and O–H groups in total. The van der Waals surface area contributed by atoms with Gasteiger partial charge in [0.2, 0.25) is 0 Å². The summed E-state index contributed by atoms with van der Waals surface area (Å²) in [4.78, 5) is 6.22. The number of rotatable bonds is 3. The molecule has 1 aromatic heterocycles. The second kappa shape index (κ2) is 6.00. The summed E-state index contributed by atoms with van der Waals surface area (Å²) in [5.74, 6) is 0. The molecule has 0 saturated heterocycles. The average Bonchev–Trinajstić information content (AvgIpc) is 2.69. The second-order valence-electron chi connectivity index (χ2n) is 8.56. The Balaban J connectivity index is 2.07. The highest BCUT2D eigenvalue weighted by Crippen LogP contribution is 2.37. The molecule has 2 rings (SSSR count). The van der Waals surface area contributed by atoms with Crippen LogP contribution >= 0.6 is 11.3 Å². The Hall–Kier alpha value is -0.410. The molecule has 1 saturated carbocycles. The monoisotopic (exact) mass is 308 g/mol. The third-order valence-electron chi connectivity index (χ3n) is 4.56. The molecule has 1 aliphatic carbocycles. The number of aromatic nitrogens is 1. The highest BCUT2D eigenvalue weighted by molar-refractivity contribution is 7.12. The lowest BCUT2D eigenvalue weighted by Crippen LogP contribution is -2.38. The Kier molecular flexibility index (Phi) is 4.84. The Bertz CT molecular complexity index is 482. The fourth-order valence-corrected chi connectivity index (χ4v) is 4.54. The van der Waals surface area contributed by atoms with Crippen LogP contribution in [-0.4, -0.2) is 11.0 Å². The van der Waals surface area contributed by atoms with E-state index in [0.29, 0.717) is 17.5 Å². The van der Waals surface area contributed by atoms with Crippen molar-refractivity contribution < 1.29 is 0 Å². The van der Waals surface area contributed by atoms with Gasteiger partial charge in [0.1, 0.15) is 0 Å². The number of hydrogen-bond acceptors (Lipinski definition) is 3. The summed E-state index contributed by atoms with van der Waals surface area (Å²) in [7, 11) is 0. The van der Waals surface area contributed by atoms with Crippen LogP contribution in [0.3, 0.4) is 0 Å². The fourth-order valence-electron chi connectivity index (χ4n) is 3.40. The first kappa shape index (κ1) is 17.0. The molecule has 2 atom stereocenters. The van der Waals surface area contributed by atoms with Crippen LogP contribution in [0.15, 0.2) is 0 Å². The van der Waals surface area contributed by atoms with E-state index in [1.165, 1.54) is 41.3 Å². The van der Waals surface area contributed by atoms with E-state index in [0.717, 1.165) is 0 Å². The van der Waals surface area contributed by atoms with Crippen molar-refractivity contribution in [2.24, 2.45) is 5.41 Å². The average molecular weight is 309 g/mol. The molecule has 0 spiro atoms. The Labute approximate surface area is 134 Å². The van der Waals surface area contributed by atoms with Gasteiger partial charge in [0, 0.05) is 22.4 Å². The summed E-state index contributed by atoms with van der Waals surface area (Å²) < 4.78 is 0. The molecule has 2 nitrogen and oxygen atoms in total. The fraction of sp³-hybridized carbons (Fsp3) is 0.833. The summed E-state index contributed by atoms with van der Waals surface area (Å²) >= 11 is 1.89. The van der Waals surface area contributed by atoms with Crippen molar-refractivity contribution in [2.45, 2.75) is 91.6 Å².